The zero-order chi connectivity index (χ0) is 24.3. The van der Waals surface area contributed by atoms with Crippen LogP contribution in [-0.2, 0) is 20.7 Å². The molecule has 2 saturated heterocycles. The maximum absolute atomic E-state index is 13.7. The summed E-state index contributed by atoms with van der Waals surface area (Å²) >= 11 is 0. The van der Waals surface area contributed by atoms with Crippen LogP contribution >= 0.6 is 0 Å². The molecule has 0 aromatic heterocycles. The molecule has 3 aromatic carbocycles. The molecule has 3 aromatic rings. The zero-order valence-corrected chi connectivity index (χ0v) is 18.5. The standard InChI is InChI=1S/C28H20FNO5/c29-18-12-10-16(11-13-18)14-15-30-26(33)21-22(27(30)34)28(35-23(21)17-6-2-1-3-7-17)24(31)19-8-4-5-9-20(19)25(28)32/h1-13,21-23H,14-15H2/t21-,22-,23-/m0/s1. The van der Waals surface area contributed by atoms with Crippen LogP contribution in [0, 0.1) is 17.7 Å². The second-order valence-corrected chi connectivity index (χ2v) is 9.10. The van der Waals surface area contributed by atoms with E-state index in [0.29, 0.717) is 12.0 Å². The fourth-order valence-corrected chi connectivity index (χ4v) is 5.63. The minimum absolute atomic E-state index is 0.0587. The van der Waals surface area contributed by atoms with E-state index in [1.807, 2.05) is 6.07 Å². The molecule has 0 radical (unpaired) electrons. The van der Waals surface area contributed by atoms with E-state index in [2.05, 4.69) is 0 Å². The predicted molar refractivity (Wildman–Crippen MR) is 122 cm³/mol. The molecular weight excluding hydrogens is 449 g/mol. The van der Waals surface area contributed by atoms with Gasteiger partial charge in [0.05, 0.1) is 17.9 Å². The Labute approximate surface area is 200 Å². The maximum Gasteiger partial charge on any atom is 0.237 e. The smallest absolute Gasteiger partial charge is 0.237 e. The summed E-state index contributed by atoms with van der Waals surface area (Å²) in [7, 11) is 0. The Morgan fingerprint density at radius 3 is 2.00 bits per heavy atom. The van der Waals surface area contributed by atoms with Crippen LogP contribution in [0.5, 0.6) is 0 Å². The van der Waals surface area contributed by atoms with E-state index in [1.54, 1.807) is 60.7 Å². The van der Waals surface area contributed by atoms with Crippen LogP contribution in [-0.4, -0.2) is 40.4 Å². The molecule has 35 heavy (non-hydrogen) atoms. The third kappa shape index (κ3) is 2.98. The molecule has 6 rings (SSSR count). The van der Waals surface area contributed by atoms with Crippen molar-refractivity contribution in [2.45, 2.75) is 18.1 Å². The van der Waals surface area contributed by atoms with Crippen molar-refractivity contribution in [2.24, 2.45) is 11.8 Å². The van der Waals surface area contributed by atoms with Gasteiger partial charge in [0.15, 0.2) is 0 Å². The molecule has 3 atom stereocenters. The van der Waals surface area contributed by atoms with Crippen molar-refractivity contribution in [1.82, 2.24) is 4.90 Å². The van der Waals surface area contributed by atoms with E-state index in [0.717, 1.165) is 10.5 Å². The van der Waals surface area contributed by atoms with Crippen LogP contribution in [0.15, 0.2) is 78.9 Å². The molecule has 7 heteroatoms. The predicted octanol–water partition coefficient (Wildman–Crippen LogP) is 3.56. The van der Waals surface area contributed by atoms with Crippen LogP contribution in [0.3, 0.4) is 0 Å². The number of Topliss-reactive ketones (excluding diaryl/α,β-unsaturated/α-hetero) is 2. The second kappa shape index (κ2) is 7.78. The quantitative estimate of drug-likeness (QED) is 0.431. The monoisotopic (exact) mass is 469 g/mol. The SMILES string of the molecule is O=C1[C@H]2[C@@H](C(=O)N1CCc1ccc(F)cc1)C1(O[C@H]2c2ccccc2)C(=O)c2ccccc2C1=O. The van der Waals surface area contributed by atoms with Crippen molar-refractivity contribution < 1.29 is 28.3 Å². The first-order valence-corrected chi connectivity index (χ1v) is 11.4. The summed E-state index contributed by atoms with van der Waals surface area (Å²) in [5, 5.41) is 0. The first-order chi connectivity index (χ1) is 16.9. The van der Waals surface area contributed by atoms with Gasteiger partial charge in [-0.1, -0.05) is 66.7 Å². The molecular formula is C28H20FNO5. The lowest BCUT2D eigenvalue weighted by Crippen LogP contribution is -2.51. The summed E-state index contributed by atoms with van der Waals surface area (Å²) in [6.45, 7) is 0.0587. The number of benzene rings is 3. The Morgan fingerprint density at radius 2 is 1.37 bits per heavy atom. The van der Waals surface area contributed by atoms with Crippen molar-refractivity contribution in [1.29, 1.82) is 0 Å². The number of amides is 2. The van der Waals surface area contributed by atoms with E-state index >= 15 is 0 Å². The minimum atomic E-state index is -2.06. The van der Waals surface area contributed by atoms with Crippen LogP contribution in [0.1, 0.15) is 37.9 Å². The van der Waals surface area contributed by atoms with Crippen LogP contribution < -0.4 is 0 Å². The van der Waals surface area contributed by atoms with E-state index in [1.165, 1.54) is 12.1 Å². The lowest BCUT2D eigenvalue weighted by molar-refractivity contribution is -0.144. The van der Waals surface area contributed by atoms with Gasteiger partial charge in [0.25, 0.3) is 0 Å². The maximum atomic E-state index is 13.7. The number of nitrogens with zero attached hydrogens (tertiary/aromatic N) is 1. The number of halogens is 1. The largest absolute Gasteiger partial charge is 0.349 e. The van der Waals surface area contributed by atoms with Crippen molar-refractivity contribution >= 4 is 23.4 Å². The molecule has 6 nitrogen and oxygen atoms in total. The lowest BCUT2D eigenvalue weighted by atomic mass is 9.77. The molecule has 1 aliphatic carbocycles. The van der Waals surface area contributed by atoms with Crippen molar-refractivity contribution in [3.05, 3.63) is 107 Å². The molecule has 2 heterocycles. The summed E-state index contributed by atoms with van der Waals surface area (Å²) < 4.78 is 19.5. The summed E-state index contributed by atoms with van der Waals surface area (Å²) in [4.78, 5) is 55.8. The summed E-state index contributed by atoms with van der Waals surface area (Å²) in [5.41, 5.74) is -0.274. The minimum Gasteiger partial charge on any atom is -0.349 e. The van der Waals surface area contributed by atoms with Gasteiger partial charge in [0.2, 0.25) is 29.0 Å². The fraction of sp³-hybridized carbons (Fsp3) is 0.214. The Balaban J connectivity index is 1.41. The summed E-state index contributed by atoms with van der Waals surface area (Å²) in [6.07, 6.45) is -0.598. The average molecular weight is 469 g/mol. The highest BCUT2D eigenvalue weighted by atomic mass is 19.1. The Morgan fingerprint density at radius 1 is 0.771 bits per heavy atom. The van der Waals surface area contributed by atoms with Crippen molar-refractivity contribution in [2.75, 3.05) is 6.54 Å². The third-order valence-corrected chi connectivity index (χ3v) is 7.28. The van der Waals surface area contributed by atoms with Crippen molar-refractivity contribution in [3.8, 4) is 0 Å². The van der Waals surface area contributed by atoms with E-state index in [4.69, 9.17) is 4.74 Å². The van der Waals surface area contributed by atoms with Gasteiger partial charge in [-0.15, -0.1) is 0 Å². The zero-order valence-electron chi connectivity index (χ0n) is 18.5. The number of carbonyl (C=O) groups is 4. The summed E-state index contributed by atoms with van der Waals surface area (Å²) in [6, 6.07) is 21.1. The number of rotatable bonds is 4. The third-order valence-electron chi connectivity index (χ3n) is 7.28. The van der Waals surface area contributed by atoms with Gasteiger partial charge in [-0.2, -0.15) is 0 Å². The number of ether oxygens (including phenoxy) is 1. The molecule has 0 saturated carbocycles. The number of carbonyl (C=O) groups excluding carboxylic acids is 4. The van der Waals surface area contributed by atoms with Gasteiger partial charge in [0, 0.05) is 17.7 Å². The molecule has 0 N–H and O–H groups in total. The number of fused-ring (bicyclic) bond motifs is 3. The molecule has 174 valence electrons. The Kier molecular flexibility index (Phi) is 4.79. The molecule has 1 spiro atoms. The highest BCUT2D eigenvalue weighted by molar-refractivity contribution is 6.35. The van der Waals surface area contributed by atoms with E-state index in [-0.39, 0.29) is 23.5 Å². The number of hydrogen-bond acceptors (Lipinski definition) is 5. The van der Waals surface area contributed by atoms with Gasteiger partial charge < -0.3 is 4.74 Å². The number of imide groups is 1. The number of ketones is 2. The molecule has 3 aliphatic rings. The molecule has 2 amide bonds. The Bertz CT molecular complexity index is 1350. The van der Waals surface area contributed by atoms with Gasteiger partial charge in [-0.3, -0.25) is 24.1 Å². The van der Waals surface area contributed by atoms with Crippen LogP contribution in [0.2, 0.25) is 0 Å². The molecule has 0 unspecified atom stereocenters. The van der Waals surface area contributed by atoms with Crippen LogP contribution in [0.4, 0.5) is 4.39 Å². The number of hydrogen-bond donors (Lipinski definition) is 0. The average Bonchev–Trinajstić information content (AvgIpc) is 3.44. The highest BCUT2D eigenvalue weighted by Crippen LogP contribution is 2.57. The van der Waals surface area contributed by atoms with Gasteiger partial charge >= 0.3 is 0 Å². The van der Waals surface area contributed by atoms with Crippen molar-refractivity contribution in [3.63, 3.8) is 0 Å². The summed E-state index contributed by atoms with van der Waals surface area (Å²) in [5.74, 6) is -4.83. The van der Waals surface area contributed by atoms with Gasteiger partial charge in [0.1, 0.15) is 5.82 Å². The second-order valence-electron chi connectivity index (χ2n) is 9.10. The molecule has 0 bridgehead atoms. The van der Waals surface area contributed by atoms with E-state index in [9.17, 15) is 23.6 Å². The topological polar surface area (TPSA) is 80.8 Å². The first-order valence-electron chi connectivity index (χ1n) is 11.4. The lowest BCUT2D eigenvalue weighted by Gasteiger charge is -2.27. The highest BCUT2D eigenvalue weighted by Gasteiger charge is 2.74. The van der Waals surface area contributed by atoms with E-state index < -0.39 is 46.9 Å². The molecule has 2 fully saturated rings. The Hall–Kier alpha value is -3.97. The fourth-order valence-electron chi connectivity index (χ4n) is 5.63. The molecule has 2 aliphatic heterocycles. The number of likely N-dealkylation sites (tertiary alicyclic amines) is 1. The first kappa shape index (κ1) is 21.6. The normalized spacial score (nSPS) is 24.4. The van der Waals surface area contributed by atoms with Gasteiger partial charge in [-0.05, 0) is 29.7 Å². The van der Waals surface area contributed by atoms with Gasteiger partial charge in [-0.25, -0.2) is 4.39 Å². The van der Waals surface area contributed by atoms with Crippen LogP contribution in [0.25, 0.3) is 0 Å².